The fraction of sp³-hybridized carbons (Fsp3) is 0.455. The summed E-state index contributed by atoms with van der Waals surface area (Å²) in [4.78, 5) is 25.8. The van der Waals surface area contributed by atoms with E-state index < -0.39 is 48.6 Å². The fourth-order valence-electron chi connectivity index (χ4n) is 3.69. The minimum Gasteiger partial charge on any atom is -0.406 e. The van der Waals surface area contributed by atoms with Crippen LogP contribution in [0.3, 0.4) is 0 Å². The molecule has 3 aromatic rings. The molecule has 1 saturated heterocycles. The third kappa shape index (κ3) is 8.39. The SMILES string of the molecule is O=C(CN1CC(F)C1)Nc1cn(CC(F)CCn2cc(C(=O)NCc3cc(OC(F)(F)F)ccc3F)nn2)nn1. The standard InChI is InChI=1S/C22H23F6N9O3/c23-14(9-37-11-19(32-34-37)30-20(38)12-35-7-15(24)8-35)3-4-36-10-18(31-33-36)21(39)29-6-13-5-16(1-2-17(13)25)40-22(26,27)28/h1-2,5,10-11,14-15H,3-4,6-9,12H2,(H,29,39)(H,30,38). The van der Waals surface area contributed by atoms with Gasteiger partial charge < -0.3 is 15.4 Å². The lowest BCUT2D eigenvalue weighted by Gasteiger charge is -2.33. The van der Waals surface area contributed by atoms with Crippen LogP contribution in [-0.2, 0) is 24.4 Å². The lowest BCUT2D eigenvalue weighted by atomic mass is 10.2. The summed E-state index contributed by atoms with van der Waals surface area (Å²) in [6.07, 6.45) is -4.74. The smallest absolute Gasteiger partial charge is 0.406 e. The first-order valence-electron chi connectivity index (χ1n) is 11.9. The lowest BCUT2D eigenvalue weighted by Crippen LogP contribution is -2.51. The molecule has 0 aliphatic carbocycles. The number of aromatic nitrogens is 6. The largest absolute Gasteiger partial charge is 0.573 e. The van der Waals surface area contributed by atoms with Crippen LogP contribution in [0.25, 0.3) is 0 Å². The molecule has 2 aromatic heterocycles. The van der Waals surface area contributed by atoms with E-state index in [2.05, 4.69) is 36.0 Å². The highest BCUT2D eigenvalue weighted by Gasteiger charge is 2.31. The zero-order valence-corrected chi connectivity index (χ0v) is 20.6. The van der Waals surface area contributed by atoms with E-state index in [1.54, 1.807) is 4.90 Å². The maximum atomic E-state index is 14.5. The van der Waals surface area contributed by atoms with Crippen LogP contribution < -0.4 is 15.4 Å². The number of aryl methyl sites for hydroxylation is 1. The van der Waals surface area contributed by atoms with Crippen molar-refractivity contribution < 1.29 is 40.7 Å². The fourth-order valence-corrected chi connectivity index (χ4v) is 3.69. The first-order valence-corrected chi connectivity index (χ1v) is 11.9. The number of ether oxygens (including phenoxy) is 1. The van der Waals surface area contributed by atoms with Crippen LogP contribution >= 0.6 is 0 Å². The van der Waals surface area contributed by atoms with Crippen molar-refractivity contribution in [2.45, 2.75) is 44.8 Å². The molecule has 216 valence electrons. The molecule has 4 rings (SSSR count). The Kier molecular flexibility index (Phi) is 8.86. The van der Waals surface area contributed by atoms with Crippen LogP contribution in [0.5, 0.6) is 5.75 Å². The first-order chi connectivity index (χ1) is 18.9. The summed E-state index contributed by atoms with van der Waals surface area (Å²) >= 11 is 0. The molecule has 40 heavy (non-hydrogen) atoms. The van der Waals surface area contributed by atoms with E-state index in [0.29, 0.717) is 0 Å². The highest BCUT2D eigenvalue weighted by Crippen LogP contribution is 2.24. The van der Waals surface area contributed by atoms with Crippen LogP contribution in [0.15, 0.2) is 30.6 Å². The van der Waals surface area contributed by atoms with Gasteiger partial charge in [0.1, 0.15) is 23.9 Å². The van der Waals surface area contributed by atoms with Crippen molar-refractivity contribution in [3.63, 3.8) is 0 Å². The summed E-state index contributed by atoms with van der Waals surface area (Å²) in [5.74, 6) is -2.54. The number of benzene rings is 1. The number of carbonyl (C=O) groups excluding carboxylic acids is 2. The summed E-state index contributed by atoms with van der Waals surface area (Å²) in [6.45, 7) is -0.187. The Labute approximate surface area is 222 Å². The minimum absolute atomic E-state index is 0.0118. The molecule has 1 aliphatic rings. The molecule has 0 saturated carbocycles. The van der Waals surface area contributed by atoms with Crippen LogP contribution in [0.1, 0.15) is 22.5 Å². The van der Waals surface area contributed by atoms with Crippen molar-refractivity contribution in [2.75, 3.05) is 25.0 Å². The van der Waals surface area contributed by atoms with Crippen molar-refractivity contribution in [2.24, 2.45) is 0 Å². The summed E-state index contributed by atoms with van der Waals surface area (Å²) in [7, 11) is 0. The molecule has 2 N–H and O–H groups in total. The van der Waals surface area contributed by atoms with Gasteiger partial charge in [0.2, 0.25) is 5.91 Å². The summed E-state index contributed by atoms with van der Waals surface area (Å²) in [5.41, 5.74) is -0.417. The van der Waals surface area contributed by atoms with Crippen LogP contribution in [0.2, 0.25) is 0 Å². The Bertz CT molecular complexity index is 1330. The van der Waals surface area contributed by atoms with Gasteiger partial charge in [-0.3, -0.25) is 19.2 Å². The van der Waals surface area contributed by atoms with Gasteiger partial charge in [0.05, 0.1) is 25.5 Å². The number of amides is 2. The maximum absolute atomic E-state index is 14.5. The van der Waals surface area contributed by atoms with E-state index in [4.69, 9.17) is 0 Å². The highest BCUT2D eigenvalue weighted by atomic mass is 19.4. The maximum Gasteiger partial charge on any atom is 0.573 e. The average molecular weight is 575 g/mol. The summed E-state index contributed by atoms with van der Waals surface area (Å²) in [6, 6.07) is 2.39. The third-order valence-corrected chi connectivity index (χ3v) is 5.60. The number of anilines is 1. The minimum atomic E-state index is -4.96. The molecular formula is C22H23F6N9O3. The summed E-state index contributed by atoms with van der Waals surface area (Å²) < 4.78 is 84.5. The topological polar surface area (TPSA) is 132 Å². The van der Waals surface area contributed by atoms with E-state index in [1.807, 2.05) is 0 Å². The van der Waals surface area contributed by atoms with Crippen molar-refractivity contribution in [3.8, 4) is 5.75 Å². The normalized spacial score (nSPS) is 14.9. The average Bonchev–Trinajstić information content (AvgIpc) is 3.50. The van der Waals surface area contributed by atoms with Crippen LogP contribution in [0.4, 0.5) is 32.2 Å². The monoisotopic (exact) mass is 575 g/mol. The van der Waals surface area contributed by atoms with Gasteiger partial charge in [-0.25, -0.2) is 17.9 Å². The number of rotatable bonds is 12. The van der Waals surface area contributed by atoms with E-state index in [1.165, 1.54) is 21.8 Å². The van der Waals surface area contributed by atoms with Gasteiger partial charge in [0.15, 0.2) is 11.5 Å². The second kappa shape index (κ2) is 12.3. The molecule has 0 spiro atoms. The number of alkyl halides is 5. The van der Waals surface area contributed by atoms with Gasteiger partial charge in [-0.2, -0.15) is 0 Å². The van der Waals surface area contributed by atoms with Gasteiger partial charge >= 0.3 is 6.36 Å². The highest BCUT2D eigenvalue weighted by molar-refractivity contribution is 5.92. The molecule has 0 bridgehead atoms. The van der Waals surface area contributed by atoms with Gasteiger partial charge in [-0.05, 0) is 18.2 Å². The molecule has 12 nitrogen and oxygen atoms in total. The molecule has 1 unspecified atom stereocenters. The number of hydrogen-bond acceptors (Lipinski definition) is 8. The molecular weight excluding hydrogens is 552 g/mol. The molecule has 2 amide bonds. The van der Waals surface area contributed by atoms with Crippen molar-refractivity contribution >= 4 is 17.6 Å². The zero-order valence-electron chi connectivity index (χ0n) is 20.6. The Morgan fingerprint density at radius 3 is 2.60 bits per heavy atom. The van der Waals surface area contributed by atoms with Gasteiger partial charge in [-0.15, -0.1) is 23.4 Å². The number of nitrogens with one attached hydrogen (secondary N) is 2. The van der Waals surface area contributed by atoms with E-state index in [9.17, 15) is 35.9 Å². The number of carbonyl (C=O) groups is 2. The molecule has 1 aromatic carbocycles. The van der Waals surface area contributed by atoms with Crippen molar-refractivity contribution in [1.29, 1.82) is 0 Å². The summed E-state index contributed by atoms with van der Waals surface area (Å²) in [5, 5.41) is 19.7. The van der Waals surface area contributed by atoms with Crippen molar-refractivity contribution in [3.05, 3.63) is 47.7 Å². The number of nitrogens with zero attached hydrogens (tertiary/aromatic N) is 7. The van der Waals surface area contributed by atoms with Crippen LogP contribution in [0, 0.1) is 5.82 Å². The number of halogens is 6. The third-order valence-electron chi connectivity index (χ3n) is 5.60. The number of hydrogen-bond donors (Lipinski definition) is 2. The lowest BCUT2D eigenvalue weighted by molar-refractivity contribution is -0.274. The Morgan fingerprint density at radius 1 is 1.12 bits per heavy atom. The zero-order chi connectivity index (χ0) is 28.9. The molecule has 1 fully saturated rings. The van der Waals surface area contributed by atoms with Gasteiger partial charge in [-0.1, -0.05) is 10.4 Å². The Balaban J connectivity index is 1.20. The van der Waals surface area contributed by atoms with Gasteiger partial charge in [0.25, 0.3) is 5.91 Å². The van der Waals surface area contributed by atoms with E-state index in [0.717, 1.165) is 18.2 Å². The predicted octanol–water partition coefficient (Wildman–Crippen LogP) is 1.86. The Hall–Kier alpha value is -4.22. The predicted molar refractivity (Wildman–Crippen MR) is 124 cm³/mol. The Morgan fingerprint density at radius 2 is 1.88 bits per heavy atom. The van der Waals surface area contributed by atoms with E-state index in [-0.39, 0.29) is 56.2 Å². The molecule has 0 radical (unpaired) electrons. The second-order valence-electron chi connectivity index (χ2n) is 8.90. The second-order valence-corrected chi connectivity index (χ2v) is 8.90. The molecule has 1 atom stereocenters. The molecule has 1 aliphatic heterocycles. The quantitative estimate of drug-likeness (QED) is 0.313. The van der Waals surface area contributed by atoms with Gasteiger partial charge in [0, 0.05) is 38.2 Å². The molecule has 18 heteroatoms. The van der Waals surface area contributed by atoms with Crippen LogP contribution in [-0.4, -0.2) is 85.0 Å². The van der Waals surface area contributed by atoms with E-state index >= 15 is 0 Å². The number of likely N-dealkylation sites (tertiary alicyclic amines) is 1. The molecule has 3 heterocycles. The first kappa shape index (κ1) is 28.8. The van der Waals surface area contributed by atoms with Crippen molar-refractivity contribution in [1.82, 2.24) is 40.2 Å².